The Kier molecular flexibility index (Phi) is 6.53. The number of carbonyl (C=O) groups excluding carboxylic acids is 1. The van der Waals surface area contributed by atoms with Crippen molar-refractivity contribution >= 4 is 33.5 Å². The quantitative estimate of drug-likeness (QED) is 0.643. The van der Waals surface area contributed by atoms with Crippen molar-refractivity contribution in [3.63, 3.8) is 0 Å². The fraction of sp³-hybridized carbons (Fsp3) is 0.176. The van der Waals surface area contributed by atoms with Crippen LogP contribution in [-0.2, 0) is 14.8 Å². The van der Waals surface area contributed by atoms with E-state index in [1.807, 2.05) is 0 Å². The van der Waals surface area contributed by atoms with Gasteiger partial charge in [-0.25, -0.2) is 17.5 Å². The van der Waals surface area contributed by atoms with Crippen molar-refractivity contribution in [3.8, 4) is 0 Å². The standard InChI is InChI=1S/C17H16ClFN2O5S/c1-20-27(25,26)12-4-2-3-11(7-12)17(24)21-15(9-16(22)23)10-5-6-13(18)14(19)8-10/h2-8,15,20H,9H2,1H3,(H,21,24)(H,22,23)/t15-/m0/s1. The molecule has 0 saturated carbocycles. The van der Waals surface area contributed by atoms with E-state index in [4.69, 9.17) is 16.7 Å². The van der Waals surface area contributed by atoms with E-state index in [1.54, 1.807) is 0 Å². The van der Waals surface area contributed by atoms with Crippen LogP contribution in [0.3, 0.4) is 0 Å². The van der Waals surface area contributed by atoms with Crippen LogP contribution in [0.5, 0.6) is 0 Å². The normalized spacial score (nSPS) is 12.4. The van der Waals surface area contributed by atoms with Gasteiger partial charge in [0, 0.05) is 5.56 Å². The lowest BCUT2D eigenvalue weighted by Crippen LogP contribution is -2.30. The molecule has 0 heterocycles. The summed E-state index contributed by atoms with van der Waals surface area (Å²) in [4.78, 5) is 23.5. The molecule has 1 atom stereocenters. The lowest BCUT2D eigenvalue weighted by molar-refractivity contribution is -0.137. The van der Waals surface area contributed by atoms with Gasteiger partial charge in [-0.3, -0.25) is 9.59 Å². The van der Waals surface area contributed by atoms with E-state index in [9.17, 15) is 22.4 Å². The van der Waals surface area contributed by atoms with Gasteiger partial charge in [0.15, 0.2) is 0 Å². The van der Waals surface area contributed by atoms with Crippen molar-refractivity contribution < 1.29 is 27.5 Å². The Morgan fingerprint density at radius 2 is 1.93 bits per heavy atom. The fourth-order valence-electron chi connectivity index (χ4n) is 2.32. The van der Waals surface area contributed by atoms with Crippen LogP contribution in [-0.4, -0.2) is 32.4 Å². The van der Waals surface area contributed by atoms with Gasteiger partial charge < -0.3 is 10.4 Å². The lowest BCUT2D eigenvalue weighted by Gasteiger charge is -2.18. The number of benzene rings is 2. The average Bonchev–Trinajstić information content (AvgIpc) is 2.63. The number of rotatable bonds is 7. The molecule has 0 unspecified atom stereocenters. The second kappa shape index (κ2) is 8.47. The van der Waals surface area contributed by atoms with Crippen LogP contribution < -0.4 is 10.0 Å². The van der Waals surface area contributed by atoms with Crippen molar-refractivity contribution in [3.05, 3.63) is 64.4 Å². The summed E-state index contributed by atoms with van der Waals surface area (Å²) in [5, 5.41) is 11.4. The highest BCUT2D eigenvalue weighted by Crippen LogP contribution is 2.23. The van der Waals surface area contributed by atoms with Crippen LogP contribution in [0.25, 0.3) is 0 Å². The monoisotopic (exact) mass is 414 g/mol. The molecule has 2 rings (SSSR count). The summed E-state index contributed by atoms with van der Waals surface area (Å²) in [7, 11) is -2.52. The third-order valence-electron chi connectivity index (χ3n) is 3.71. The molecule has 0 aliphatic carbocycles. The van der Waals surface area contributed by atoms with Gasteiger partial charge in [0.25, 0.3) is 5.91 Å². The van der Waals surface area contributed by atoms with Crippen LogP contribution in [0.15, 0.2) is 47.4 Å². The predicted molar refractivity (Wildman–Crippen MR) is 96.6 cm³/mol. The first-order chi connectivity index (χ1) is 12.6. The number of halogens is 2. The molecule has 2 aromatic carbocycles. The Hall–Kier alpha value is -2.49. The molecule has 0 spiro atoms. The number of nitrogens with one attached hydrogen (secondary N) is 2. The number of sulfonamides is 1. The van der Waals surface area contributed by atoms with Gasteiger partial charge in [-0.15, -0.1) is 0 Å². The Balaban J connectivity index is 2.32. The fourth-order valence-corrected chi connectivity index (χ4v) is 3.21. The van der Waals surface area contributed by atoms with Crippen molar-refractivity contribution in [2.45, 2.75) is 17.4 Å². The second-order valence-electron chi connectivity index (χ2n) is 5.53. The molecular formula is C17H16ClFN2O5S. The number of carbonyl (C=O) groups is 2. The van der Waals surface area contributed by atoms with Crippen molar-refractivity contribution in [2.24, 2.45) is 0 Å². The molecule has 10 heteroatoms. The molecule has 1 amide bonds. The van der Waals surface area contributed by atoms with E-state index in [0.29, 0.717) is 0 Å². The minimum atomic E-state index is -3.75. The van der Waals surface area contributed by atoms with Crippen LogP contribution in [0.4, 0.5) is 4.39 Å². The third-order valence-corrected chi connectivity index (χ3v) is 5.42. The van der Waals surface area contributed by atoms with Crippen molar-refractivity contribution in [1.29, 1.82) is 0 Å². The summed E-state index contributed by atoms with van der Waals surface area (Å²) in [6.07, 6.45) is -0.499. The van der Waals surface area contributed by atoms with E-state index >= 15 is 0 Å². The highest BCUT2D eigenvalue weighted by atomic mass is 35.5. The molecule has 2 aromatic rings. The molecule has 0 aromatic heterocycles. The Morgan fingerprint density at radius 1 is 1.22 bits per heavy atom. The number of hydrogen-bond donors (Lipinski definition) is 3. The average molecular weight is 415 g/mol. The van der Waals surface area contributed by atoms with Gasteiger partial charge in [0.05, 0.1) is 22.4 Å². The van der Waals surface area contributed by atoms with E-state index in [2.05, 4.69) is 10.0 Å². The molecule has 0 radical (unpaired) electrons. The Morgan fingerprint density at radius 3 is 2.52 bits per heavy atom. The summed E-state index contributed by atoms with van der Waals surface area (Å²) >= 11 is 5.63. The first-order valence-electron chi connectivity index (χ1n) is 7.65. The van der Waals surface area contributed by atoms with E-state index in [1.165, 1.54) is 37.4 Å². The van der Waals surface area contributed by atoms with Gasteiger partial charge >= 0.3 is 5.97 Å². The Labute approximate surface area is 160 Å². The number of hydrogen-bond acceptors (Lipinski definition) is 4. The summed E-state index contributed by atoms with van der Waals surface area (Å²) in [5.74, 6) is -2.66. The lowest BCUT2D eigenvalue weighted by atomic mass is 10.0. The molecule has 0 fully saturated rings. The van der Waals surface area contributed by atoms with Gasteiger partial charge in [0.1, 0.15) is 5.82 Å². The van der Waals surface area contributed by atoms with E-state index in [0.717, 1.165) is 12.1 Å². The zero-order valence-corrected chi connectivity index (χ0v) is 15.6. The van der Waals surface area contributed by atoms with Crippen molar-refractivity contribution in [1.82, 2.24) is 10.0 Å². The smallest absolute Gasteiger partial charge is 0.305 e. The van der Waals surface area contributed by atoms with Gasteiger partial charge in [-0.1, -0.05) is 23.7 Å². The third kappa shape index (κ3) is 5.25. The van der Waals surface area contributed by atoms with E-state index < -0.39 is 40.2 Å². The number of amides is 1. The van der Waals surface area contributed by atoms with Gasteiger partial charge in [0.2, 0.25) is 10.0 Å². The van der Waals surface area contributed by atoms with E-state index in [-0.39, 0.29) is 21.0 Å². The molecule has 0 aliphatic rings. The molecular weight excluding hydrogens is 399 g/mol. The minimum absolute atomic E-state index is 0.0103. The van der Waals surface area contributed by atoms with Crippen molar-refractivity contribution in [2.75, 3.05) is 7.05 Å². The molecule has 144 valence electrons. The maximum atomic E-state index is 13.7. The summed E-state index contributed by atoms with van der Waals surface area (Å²) in [6, 6.07) is 7.89. The molecule has 0 bridgehead atoms. The first-order valence-corrected chi connectivity index (χ1v) is 9.51. The number of aliphatic carboxylic acids is 1. The minimum Gasteiger partial charge on any atom is -0.481 e. The molecule has 7 nitrogen and oxygen atoms in total. The van der Waals surface area contributed by atoms with Crippen LogP contribution in [0.2, 0.25) is 5.02 Å². The summed E-state index contributed by atoms with van der Waals surface area (Å²) < 4.78 is 39.6. The van der Waals surface area contributed by atoms with Gasteiger partial charge in [-0.2, -0.15) is 0 Å². The second-order valence-corrected chi connectivity index (χ2v) is 7.83. The zero-order chi connectivity index (χ0) is 20.2. The predicted octanol–water partition coefficient (Wildman–Crippen LogP) is 2.33. The molecule has 0 saturated heterocycles. The van der Waals surface area contributed by atoms with Crippen LogP contribution in [0.1, 0.15) is 28.4 Å². The Bertz CT molecular complexity index is 981. The summed E-state index contributed by atoms with van der Waals surface area (Å²) in [5.41, 5.74) is 0.225. The van der Waals surface area contributed by atoms with Crippen LogP contribution in [0, 0.1) is 5.82 Å². The number of carboxylic acid groups (broad SMARTS) is 1. The first kappa shape index (κ1) is 20.8. The number of carboxylic acids is 1. The summed E-state index contributed by atoms with van der Waals surface area (Å²) in [6.45, 7) is 0. The highest BCUT2D eigenvalue weighted by Gasteiger charge is 2.21. The van der Waals surface area contributed by atoms with Crippen LogP contribution >= 0.6 is 11.6 Å². The molecule has 3 N–H and O–H groups in total. The van der Waals surface area contributed by atoms with Gasteiger partial charge in [-0.05, 0) is 42.9 Å². The largest absolute Gasteiger partial charge is 0.481 e. The molecule has 27 heavy (non-hydrogen) atoms. The maximum absolute atomic E-state index is 13.7. The molecule has 0 aliphatic heterocycles. The SMILES string of the molecule is CNS(=O)(=O)c1cccc(C(=O)N[C@@H](CC(=O)O)c2ccc(Cl)c(F)c2)c1. The highest BCUT2D eigenvalue weighted by molar-refractivity contribution is 7.89. The maximum Gasteiger partial charge on any atom is 0.305 e. The topological polar surface area (TPSA) is 113 Å². The zero-order valence-electron chi connectivity index (χ0n) is 14.1.